The number of Topliss-reactive ketones (excluding diaryl/α,β-unsaturated/α-hetero) is 1. The zero-order chi connectivity index (χ0) is 32.3. The Balaban J connectivity index is 1.39. The van der Waals surface area contributed by atoms with Crippen LogP contribution in [0.5, 0.6) is 0 Å². The molecule has 0 amide bonds. The molecular formula is C39H45N3O3. The zero-order valence-corrected chi connectivity index (χ0v) is 27.8. The standard InChI is InChI=1S/C39H45N3O3/c1-23(2)31-25-12-13-37(6)30(36(25,5)19-24(21-40)33(31)44)18-29(43)32-26-20-35(3,4)14-16-39(26,17-15-38(32,37)7)34(45)42-22-41-27-10-8-9-11-28(27)42/h8-11,18-19,22,25-26,32H,12-17,20H2,1-7H3/t25-,26?,32?,36?,37+,38+,39-/m0/s1. The molecule has 0 saturated heterocycles. The fraction of sp³-hybridized carbons (Fsp3) is 0.564. The Morgan fingerprint density at radius 3 is 2.42 bits per heavy atom. The lowest BCUT2D eigenvalue weighted by molar-refractivity contribution is -0.160. The van der Waals surface area contributed by atoms with Crippen LogP contribution in [0.2, 0.25) is 0 Å². The van der Waals surface area contributed by atoms with Crippen molar-refractivity contribution >= 4 is 28.5 Å². The molecule has 6 heteroatoms. The van der Waals surface area contributed by atoms with Crippen LogP contribution < -0.4 is 0 Å². The molecule has 6 nitrogen and oxygen atoms in total. The van der Waals surface area contributed by atoms with Crippen molar-refractivity contribution in [2.75, 3.05) is 0 Å². The van der Waals surface area contributed by atoms with Crippen LogP contribution in [0.1, 0.15) is 98.2 Å². The van der Waals surface area contributed by atoms with Crippen molar-refractivity contribution in [3.63, 3.8) is 0 Å². The van der Waals surface area contributed by atoms with Gasteiger partial charge in [0.25, 0.3) is 0 Å². The van der Waals surface area contributed by atoms with Crippen LogP contribution in [-0.2, 0) is 9.59 Å². The monoisotopic (exact) mass is 603 g/mol. The maximum absolute atomic E-state index is 14.8. The third kappa shape index (κ3) is 3.79. The van der Waals surface area contributed by atoms with Crippen molar-refractivity contribution in [2.45, 2.75) is 93.4 Å². The maximum atomic E-state index is 14.8. The lowest BCUT2D eigenvalue weighted by atomic mass is 9.35. The van der Waals surface area contributed by atoms with Crippen molar-refractivity contribution in [1.82, 2.24) is 9.55 Å². The van der Waals surface area contributed by atoms with Gasteiger partial charge in [-0.3, -0.25) is 19.0 Å². The lowest BCUT2D eigenvalue weighted by Crippen LogP contribution is -2.65. The van der Waals surface area contributed by atoms with Crippen LogP contribution >= 0.6 is 0 Å². The molecule has 3 fully saturated rings. The molecule has 3 saturated carbocycles. The van der Waals surface area contributed by atoms with Gasteiger partial charge in [0.2, 0.25) is 5.91 Å². The van der Waals surface area contributed by atoms with E-state index in [1.165, 1.54) is 0 Å². The number of aromatic nitrogens is 2. The van der Waals surface area contributed by atoms with Crippen molar-refractivity contribution in [3.05, 3.63) is 65.0 Å². The van der Waals surface area contributed by atoms with Gasteiger partial charge in [-0.1, -0.05) is 58.4 Å². The van der Waals surface area contributed by atoms with Gasteiger partial charge >= 0.3 is 0 Å². The van der Waals surface area contributed by atoms with E-state index in [0.717, 1.165) is 72.7 Å². The topological polar surface area (TPSA) is 92.8 Å². The van der Waals surface area contributed by atoms with Crippen molar-refractivity contribution in [2.24, 2.45) is 44.8 Å². The van der Waals surface area contributed by atoms with E-state index >= 15 is 0 Å². The number of carbonyl (C=O) groups is 3. The maximum Gasteiger partial charge on any atom is 0.238 e. The minimum atomic E-state index is -0.637. The van der Waals surface area contributed by atoms with Crippen molar-refractivity contribution < 1.29 is 14.4 Å². The van der Waals surface area contributed by atoms with Gasteiger partial charge in [-0.05, 0) is 105 Å². The molecule has 7 rings (SSSR count). The number of allylic oxidation sites excluding steroid dienone is 6. The molecule has 1 aromatic heterocycles. The highest BCUT2D eigenvalue weighted by Gasteiger charge is 2.70. The Bertz CT molecular complexity index is 1830. The Kier molecular flexibility index (Phi) is 6.33. The number of para-hydroxylation sites is 2. The van der Waals surface area contributed by atoms with Crippen LogP contribution in [0.25, 0.3) is 11.0 Å². The number of nitrogens with zero attached hydrogens (tertiary/aromatic N) is 3. The van der Waals surface area contributed by atoms with Crippen LogP contribution in [0.3, 0.4) is 0 Å². The van der Waals surface area contributed by atoms with E-state index in [1.807, 2.05) is 50.3 Å². The summed E-state index contributed by atoms with van der Waals surface area (Å²) >= 11 is 0. The Labute approximate surface area is 266 Å². The summed E-state index contributed by atoms with van der Waals surface area (Å²) in [4.78, 5) is 47.7. The summed E-state index contributed by atoms with van der Waals surface area (Å²) in [7, 11) is 0. The molecule has 3 unspecified atom stereocenters. The number of ketones is 2. The summed E-state index contributed by atoms with van der Waals surface area (Å²) in [5, 5.41) is 10.0. The van der Waals surface area contributed by atoms with Gasteiger partial charge in [-0.25, -0.2) is 4.98 Å². The summed E-state index contributed by atoms with van der Waals surface area (Å²) < 4.78 is 1.76. The summed E-state index contributed by atoms with van der Waals surface area (Å²) in [6, 6.07) is 9.99. The molecule has 1 aromatic carbocycles. The predicted octanol–water partition coefficient (Wildman–Crippen LogP) is 8.21. The summed E-state index contributed by atoms with van der Waals surface area (Å²) in [6.07, 6.45) is 11.2. The largest absolute Gasteiger partial charge is 0.295 e. The number of carbonyl (C=O) groups excluding carboxylic acids is 3. The van der Waals surface area contributed by atoms with Gasteiger partial charge in [0.1, 0.15) is 12.4 Å². The number of nitriles is 1. The van der Waals surface area contributed by atoms with Gasteiger partial charge < -0.3 is 0 Å². The van der Waals surface area contributed by atoms with Gasteiger partial charge in [-0.2, -0.15) is 5.26 Å². The average molecular weight is 604 g/mol. The minimum Gasteiger partial charge on any atom is -0.295 e. The lowest BCUT2D eigenvalue weighted by Gasteiger charge is -2.68. The second kappa shape index (κ2) is 9.47. The van der Waals surface area contributed by atoms with Crippen LogP contribution in [-0.4, -0.2) is 27.0 Å². The Morgan fingerprint density at radius 1 is 1.00 bits per heavy atom. The number of hydrogen-bond acceptors (Lipinski definition) is 5. The van der Waals surface area contributed by atoms with Crippen molar-refractivity contribution in [1.29, 1.82) is 5.26 Å². The molecule has 234 valence electrons. The first-order chi connectivity index (χ1) is 21.1. The Morgan fingerprint density at radius 2 is 1.71 bits per heavy atom. The quantitative estimate of drug-likeness (QED) is 0.306. The second-order valence-electron chi connectivity index (χ2n) is 16.5. The molecule has 5 aliphatic carbocycles. The van der Waals surface area contributed by atoms with Crippen LogP contribution in [0.4, 0.5) is 0 Å². The molecule has 0 bridgehead atoms. The fourth-order valence-corrected chi connectivity index (χ4v) is 11.1. The van der Waals surface area contributed by atoms with E-state index in [-0.39, 0.29) is 57.0 Å². The average Bonchev–Trinajstić information content (AvgIpc) is 3.42. The molecule has 7 atom stereocenters. The SMILES string of the molecule is CC(C)=C1C(=O)C(C#N)=CC2(C)C3=CC(=O)C4C5CC(C)(C)CC[C@]5(C(=O)n5cnc6ccccc65)CC[C@@]4(C)[C@]3(C)CC[C@@H]12. The van der Waals surface area contributed by atoms with E-state index < -0.39 is 10.8 Å². The first kappa shape index (κ1) is 30.1. The molecule has 0 N–H and O–H groups in total. The zero-order valence-electron chi connectivity index (χ0n) is 27.8. The molecule has 1 heterocycles. The summed E-state index contributed by atoms with van der Waals surface area (Å²) in [6.45, 7) is 15.3. The van der Waals surface area contributed by atoms with E-state index in [9.17, 15) is 19.6 Å². The number of imidazole rings is 1. The molecule has 0 radical (unpaired) electrons. The molecule has 45 heavy (non-hydrogen) atoms. The second-order valence-corrected chi connectivity index (χ2v) is 16.5. The van der Waals surface area contributed by atoms with Gasteiger partial charge in [-0.15, -0.1) is 0 Å². The van der Waals surface area contributed by atoms with E-state index in [1.54, 1.807) is 10.9 Å². The fourth-order valence-electron chi connectivity index (χ4n) is 11.1. The molecule has 5 aliphatic rings. The van der Waals surface area contributed by atoms with Crippen LogP contribution in [0.15, 0.2) is 65.0 Å². The third-order valence-electron chi connectivity index (χ3n) is 13.6. The first-order valence-corrected chi connectivity index (χ1v) is 16.7. The highest BCUT2D eigenvalue weighted by Crippen LogP contribution is 2.74. The third-order valence-corrected chi connectivity index (χ3v) is 13.6. The summed E-state index contributed by atoms with van der Waals surface area (Å²) in [5.74, 6) is -0.398. The van der Waals surface area contributed by atoms with Crippen LogP contribution in [0, 0.1) is 56.2 Å². The molecule has 2 aromatic rings. The van der Waals surface area contributed by atoms with Crippen molar-refractivity contribution in [3.8, 4) is 6.07 Å². The highest BCUT2D eigenvalue weighted by molar-refractivity contribution is 6.13. The smallest absolute Gasteiger partial charge is 0.238 e. The van der Waals surface area contributed by atoms with Gasteiger partial charge in [0, 0.05) is 22.8 Å². The number of rotatable bonds is 1. The molecule has 0 aliphatic heterocycles. The molecular weight excluding hydrogens is 558 g/mol. The van der Waals surface area contributed by atoms with Gasteiger partial charge in [0.15, 0.2) is 11.6 Å². The number of benzene rings is 1. The van der Waals surface area contributed by atoms with Gasteiger partial charge in [0.05, 0.1) is 22.0 Å². The van der Waals surface area contributed by atoms with E-state index in [0.29, 0.717) is 0 Å². The van der Waals surface area contributed by atoms with E-state index in [4.69, 9.17) is 0 Å². The first-order valence-electron chi connectivity index (χ1n) is 16.7. The number of hydrogen-bond donors (Lipinski definition) is 0. The normalized spacial score (nSPS) is 38.6. The van der Waals surface area contributed by atoms with E-state index in [2.05, 4.69) is 45.7 Å². The number of fused-ring (bicyclic) bond motifs is 8. The minimum absolute atomic E-state index is 0.0189. The predicted molar refractivity (Wildman–Crippen MR) is 174 cm³/mol. The Hall–Kier alpha value is -3.59. The molecule has 0 spiro atoms. The summed E-state index contributed by atoms with van der Waals surface area (Å²) in [5.41, 5.74) is 2.67. The highest BCUT2D eigenvalue weighted by atomic mass is 16.2.